The lowest BCUT2D eigenvalue weighted by Gasteiger charge is -2.25. The van der Waals surface area contributed by atoms with Crippen molar-refractivity contribution in [1.82, 2.24) is 10.6 Å². The zero-order valence-electron chi connectivity index (χ0n) is 22.6. The highest BCUT2D eigenvalue weighted by Crippen LogP contribution is 2.25. The van der Waals surface area contributed by atoms with Crippen LogP contribution in [0.15, 0.2) is 72.8 Å². The Kier molecular flexibility index (Phi) is 9.97. The molecule has 0 unspecified atom stereocenters. The topological polar surface area (TPSA) is 154 Å². The summed E-state index contributed by atoms with van der Waals surface area (Å²) in [5, 5.41) is 34.4. The van der Waals surface area contributed by atoms with Crippen molar-refractivity contribution in [3.05, 3.63) is 89.5 Å². The molecule has 0 aliphatic heterocycles. The van der Waals surface area contributed by atoms with Crippen LogP contribution in [0.3, 0.4) is 0 Å². The second kappa shape index (κ2) is 13.4. The van der Waals surface area contributed by atoms with Crippen LogP contribution in [0, 0.1) is 0 Å². The Hall–Kier alpha value is -4.73. The number of hydrogen-bond donors (Lipinski definition) is 5. The Bertz CT molecular complexity index is 1300. The minimum atomic E-state index is -1.21. The number of carbonyl (C=O) groups excluding carboxylic acids is 3. The Labute approximate surface area is 232 Å². The molecule has 3 aromatic rings. The number of ether oxygens (including phenoxy) is 2. The molecule has 10 heteroatoms. The first kappa shape index (κ1) is 29.8. The second-order valence-electron chi connectivity index (χ2n) is 10.3. The first-order valence-corrected chi connectivity index (χ1v) is 12.7. The van der Waals surface area contributed by atoms with Crippen LogP contribution in [0.25, 0.3) is 0 Å². The summed E-state index contributed by atoms with van der Waals surface area (Å²) >= 11 is 0. The molecule has 0 aromatic heterocycles. The number of aromatic hydroxyl groups is 3. The number of carbonyl (C=O) groups is 3. The van der Waals surface area contributed by atoms with Crippen molar-refractivity contribution in [2.24, 2.45) is 0 Å². The fourth-order valence-corrected chi connectivity index (χ4v) is 3.75. The highest BCUT2D eigenvalue weighted by Gasteiger charge is 2.30. The van der Waals surface area contributed by atoms with E-state index in [9.17, 15) is 29.7 Å². The first-order chi connectivity index (χ1) is 18.9. The van der Waals surface area contributed by atoms with Gasteiger partial charge in [0.1, 0.15) is 30.0 Å². The quantitative estimate of drug-likeness (QED) is 0.189. The molecule has 40 heavy (non-hydrogen) atoms. The van der Waals surface area contributed by atoms with Gasteiger partial charge in [-0.25, -0.2) is 9.59 Å². The second-order valence-corrected chi connectivity index (χ2v) is 10.3. The third-order valence-corrected chi connectivity index (χ3v) is 5.69. The summed E-state index contributed by atoms with van der Waals surface area (Å²) in [4.78, 5) is 39.2. The molecule has 0 heterocycles. The van der Waals surface area contributed by atoms with Crippen molar-refractivity contribution in [3.8, 4) is 17.2 Å². The average molecular weight is 551 g/mol. The molecule has 3 aromatic carbocycles. The van der Waals surface area contributed by atoms with Gasteiger partial charge in [0.2, 0.25) is 5.91 Å². The molecule has 0 saturated heterocycles. The van der Waals surface area contributed by atoms with E-state index in [1.807, 2.05) is 18.2 Å². The van der Waals surface area contributed by atoms with Gasteiger partial charge in [0.15, 0.2) is 11.5 Å². The van der Waals surface area contributed by atoms with Crippen molar-refractivity contribution in [1.29, 1.82) is 0 Å². The monoisotopic (exact) mass is 550 g/mol. The van der Waals surface area contributed by atoms with E-state index >= 15 is 0 Å². The minimum absolute atomic E-state index is 0.00596. The lowest BCUT2D eigenvalue weighted by molar-refractivity contribution is -0.149. The van der Waals surface area contributed by atoms with Crippen LogP contribution < -0.4 is 10.6 Å². The van der Waals surface area contributed by atoms with Crippen LogP contribution >= 0.6 is 0 Å². The number of hydrogen-bond acceptors (Lipinski definition) is 8. The van der Waals surface area contributed by atoms with Crippen LogP contribution in [0.5, 0.6) is 17.2 Å². The zero-order valence-corrected chi connectivity index (χ0v) is 22.6. The van der Waals surface area contributed by atoms with Crippen LogP contribution in [0.4, 0.5) is 4.79 Å². The van der Waals surface area contributed by atoms with Gasteiger partial charge in [0.05, 0.1) is 0 Å². The van der Waals surface area contributed by atoms with Gasteiger partial charge in [0, 0.05) is 12.8 Å². The van der Waals surface area contributed by atoms with Crippen LogP contribution in [0.2, 0.25) is 0 Å². The molecule has 0 spiro atoms. The molecule has 0 bridgehead atoms. The highest BCUT2D eigenvalue weighted by atomic mass is 16.6. The summed E-state index contributed by atoms with van der Waals surface area (Å²) in [6, 6.07) is 16.9. The van der Waals surface area contributed by atoms with Crippen molar-refractivity contribution < 1.29 is 39.2 Å². The smallest absolute Gasteiger partial charge is 0.408 e. The maximum atomic E-state index is 13.5. The molecule has 0 aliphatic carbocycles. The molecule has 2 amide bonds. The van der Waals surface area contributed by atoms with E-state index in [-0.39, 0.29) is 36.7 Å². The van der Waals surface area contributed by atoms with Crippen molar-refractivity contribution in [2.45, 2.75) is 57.9 Å². The summed E-state index contributed by atoms with van der Waals surface area (Å²) in [7, 11) is 0. The van der Waals surface area contributed by atoms with Gasteiger partial charge in [-0.3, -0.25) is 4.79 Å². The fraction of sp³-hybridized carbons (Fsp3) is 0.300. The standard InChI is InChI=1S/C30H34N2O8/c1-30(2,3)40-29(38)32-23(16-21-11-14-25(34)26(35)17-21)27(36)31-24(15-19-9-12-22(33)13-10-19)28(37)39-18-20-7-5-4-6-8-20/h4-14,17,23-24,33-35H,15-16,18H2,1-3H3,(H,31,36)(H,32,38)/t23-,24-/m0/s1. The van der Waals surface area contributed by atoms with E-state index in [0.717, 1.165) is 5.56 Å². The number of nitrogens with one attached hydrogen (secondary N) is 2. The molecule has 5 N–H and O–H groups in total. The van der Waals surface area contributed by atoms with Gasteiger partial charge in [-0.2, -0.15) is 0 Å². The summed E-state index contributed by atoms with van der Waals surface area (Å²) in [5.74, 6) is -2.05. The number of phenolic OH excluding ortho intramolecular Hbond substituents is 3. The molecule has 2 atom stereocenters. The maximum absolute atomic E-state index is 13.5. The number of phenols is 3. The molecule has 0 radical (unpaired) electrons. The summed E-state index contributed by atoms with van der Waals surface area (Å²) in [6.07, 6.45) is -0.875. The lowest BCUT2D eigenvalue weighted by Crippen LogP contribution is -2.54. The molecule has 0 aliphatic rings. The fourth-order valence-electron chi connectivity index (χ4n) is 3.75. The number of benzene rings is 3. The predicted octanol–water partition coefficient (Wildman–Crippen LogP) is 3.71. The molecule has 3 rings (SSSR count). The van der Waals surface area contributed by atoms with Gasteiger partial charge in [-0.15, -0.1) is 0 Å². The van der Waals surface area contributed by atoms with E-state index in [4.69, 9.17) is 9.47 Å². The molecular weight excluding hydrogens is 516 g/mol. The number of rotatable bonds is 10. The molecule has 0 saturated carbocycles. The molecule has 10 nitrogen and oxygen atoms in total. The maximum Gasteiger partial charge on any atom is 0.408 e. The van der Waals surface area contributed by atoms with Gasteiger partial charge in [-0.1, -0.05) is 48.5 Å². The SMILES string of the molecule is CC(C)(C)OC(=O)N[C@@H](Cc1ccc(O)c(O)c1)C(=O)N[C@@H](Cc1ccc(O)cc1)C(=O)OCc1ccccc1. The normalized spacial score (nSPS) is 12.6. The van der Waals surface area contributed by atoms with Gasteiger partial charge in [-0.05, 0) is 61.7 Å². The van der Waals surface area contributed by atoms with E-state index in [1.54, 1.807) is 45.0 Å². The summed E-state index contributed by atoms with van der Waals surface area (Å²) < 4.78 is 10.8. The van der Waals surface area contributed by atoms with Crippen molar-refractivity contribution in [3.63, 3.8) is 0 Å². The van der Waals surface area contributed by atoms with E-state index < -0.39 is 35.7 Å². The number of alkyl carbamates (subject to hydrolysis) is 1. The third-order valence-electron chi connectivity index (χ3n) is 5.69. The van der Waals surface area contributed by atoms with Crippen molar-refractivity contribution in [2.75, 3.05) is 0 Å². The molecule has 212 valence electrons. The zero-order chi connectivity index (χ0) is 29.3. The Morgan fingerprint density at radius 3 is 2.00 bits per heavy atom. The third kappa shape index (κ3) is 9.54. The highest BCUT2D eigenvalue weighted by molar-refractivity contribution is 5.90. The van der Waals surface area contributed by atoms with Crippen LogP contribution in [0.1, 0.15) is 37.5 Å². The predicted molar refractivity (Wildman–Crippen MR) is 147 cm³/mol. The summed E-state index contributed by atoms with van der Waals surface area (Å²) in [5.41, 5.74) is 1.03. The lowest BCUT2D eigenvalue weighted by atomic mass is 10.0. The van der Waals surface area contributed by atoms with Gasteiger partial charge in [0.25, 0.3) is 0 Å². The minimum Gasteiger partial charge on any atom is -0.508 e. The Morgan fingerprint density at radius 1 is 0.750 bits per heavy atom. The van der Waals surface area contributed by atoms with E-state index in [1.165, 1.54) is 30.3 Å². The number of esters is 1. The van der Waals surface area contributed by atoms with Crippen LogP contribution in [-0.2, 0) is 38.5 Å². The summed E-state index contributed by atoms with van der Waals surface area (Å²) in [6.45, 7) is 5.02. The van der Waals surface area contributed by atoms with Gasteiger partial charge < -0.3 is 35.4 Å². The largest absolute Gasteiger partial charge is 0.508 e. The number of amides is 2. The average Bonchev–Trinajstić information content (AvgIpc) is 2.89. The van der Waals surface area contributed by atoms with E-state index in [0.29, 0.717) is 11.1 Å². The Morgan fingerprint density at radius 2 is 1.38 bits per heavy atom. The first-order valence-electron chi connectivity index (χ1n) is 12.7. The molecular formula is C30H34N2O8. The van der Waals surface area contributed by atoms with E-state index in [2.05, 4.69) is 10.6 Å². The molecule has 0 fully saturated rings. The van der Waals surface area contributed by atoms with Crippen LogP contribution in [-0.4, -0.2) is 51.0 Å². The van der Waals surface area contributed by atoms with Gasteiger partial charge >= 0.3 is 12.1 Å². The Balaban J connectivity index is 1.82. The van der Waals surface area contributed by atoms with Crippen molar-refractivity contribution >= 4 is 18.0 Å².